The second-order valence-electron chi connectivity index (χ2n) is 4.05. The van der Waals surface area contributed by atoms with Crippen molar-refractivity contribution in [3.63, 3.8) is 0 Å². The van der Waals surface area contributed by atoms with Crippen LogP contribution in [0.2, 0.25) is 10.0 Å². The fraction of sp³-hybridized carbons (Fsp3) is 0.143. The molecule has 2 rings (SSSR count). The molecule has 0 heterocycles. The highest BCUT2D eigenvalue weighted by Gasteiger charge is 2.15. The molecule has 0 amide bonds. The first kappa shape index (κ1) is 14.1. The lowest BCUT2D eigenvalue weighted by Gasteiger charge is -2.19. The largest absolute Gasteiger partial charge is 0.394 e. The monoisotopic (exact) mass is 299 g/mol. The Morgan fingerprint density at radius 3 is 2.32 bits per heavy atom. The van der Waals surface area contributed by atoms with Gasteiger partial charge in [-0.1, -0.05) is 23.2 Å². The van der Waals surface area contributed by atoms with Gasteiger partial charge in [-0.2, -0.15) is 0 Å². The molecule has 0 saturated carbocycles. The molecular weight excluding hydrogens is 288 g/mol. The SMILES string of the molecule is OCC(Nc1ccc(Cl)cc1)c1cc(Cl)ccc1F. The number of anilines is 1. The molecule has 0 saturated heterocycles. The third-order valence-electron chi connectivity index (χ3n) is 2.70. The summed E-state index contributed by atoms with van der Waals surface area (Å²) in [6.45, 7) is -0.250. The number of hydrogen-bond acceptors (Lipinski definition) is 2. The molecule has 2 nitrogen and oxygen atoms in total. The Hall–Kier alpha value is -1.29. The number of hydrogen-bond donors (Lipinski definition) is 2. The minimum Gasteiger partial charge on any atom is -0.394 e. The van der Waals surface area contributed by atoms with Crippen molar-refractivity contribution in [1.29, 1.82) is 0 Å². The predicted octanol–water partition coefficient (Wildman–Crippen LogP) is 4.28. The van der Waals surface area contributed by atoms with Crippen molar-refractivity contribution in [2.75, 3.05) is 11.9 Å². The summed E-state index contributed by atoms with van der Waals surface area (Å²) in [5.74, 6) is -0.412. The highest BCUT2D eigenvalue weighted by Crippen LogP contribution is 2.25. The van der Waals surface area contributed by atoms with Crippen molar-refractivity contribution >= 4 is 28.9 Å². The quantitative estimate of drug-likeness (QED) is 0.883. The Morgan fingerprint density at radius 2 is 1.68 bits per heavy atom. The van der Waals surface area contributed by atoms with Crippen molar-refractivity contribution < 1.29 is 9.50 Å². The average molecular weight is 300 g/mol. The minimum absolute atomic E-state index is 0.250. The first-order valence-corrected chi connectivity index (χ1v) is 6.43. The maximum Gasteiger partial charge on any atom is 0.128 e. The molecule has 1 unspecified atom stereocenters. The lowest BCUT2D eigenvalue weighted by molar-refractivity contribution is 0.274. The normalized spacial score (nSPS) is 12.2. The summed E-state index contributed by atoms with van der Waals surface area (Å²) in [5.41, 5.74) is 1.06. The van der Waals surface area contributed by atoms with E-state index in [1.807, 2.05) is 0 Å². The van der Waals surface area contributed by atoms with Crippen LogP contribution in [0.15, 0.2) is 42.5 Å². The average Bonchev–Trinajstić information content (AvgIpc) is 2.41. The topological polar surface area (TPSA) is 32.3 Å². The van der Waals surface area contributed by atoms with E-state index in [9.17, 15) is 9.50 Å². The zero-order valence-electron chi connectivity index (χ0n) is 9.91. The molecule has 0 fully saturated rings. The summed E-state index contributed by atoms with van der Waals surface area (Å²) in [7, 11) is 0. The Morgan fingerprint density at radius 1 is 1.05 bits per heavy atom. The van der Waals surface area contributed by atoms with Crippen LogP contribution in [0.1, 0.15) is 11.6 Å². The Bertz CT molecular complexity index is 560. The van der Waals surface area contributed by atoms with Crippen molar-refractivity contribution in [3.05, 3.63) is 63.9 Å². The molecule has 0 aliphatic heterocycles. The summed E-state index contributed by atoms with van der Waals surface area (Å²) >= 11 is 11.6. The van der Waals surface area contributed by atoms with Crippen molar-refractivity contribution in [2.24, 2.45) is 0 Å². The van der Waals surface area contributed by atoms with Gasteiger partial charge < -0.3 is 10.4 Å². The predicted molar refractivity (Wildman–Crippen MR) is 76.3 cm³/mol. The van der Waals surface area contributed by atoms with Crippen LogP contribution >= 0.6 is 23.2 Å². The second kappa shape index (κ2) is 6.24. The van der Waals surface area contributed by atoms with Gasteiger partial charge in [0.25, 0.3) is 0 Å². The van der Waals surface area contributed by atoms with E-state index in [1.54, 1.807) is 24.3 Å². The highest BCUT2D eigenvalue weighted by atomic mass is 35.5. The van der Waals surface area contributed by atoms with Crippen LogP contribution in [0, 0.1) is 5.82 Å². The molecule has 19 heavy (non-hydrogen) atoms. The summed E-state index contributed by atoms with van der Waals surface area (Å²) < 4.78 is 13.7. The second-order valence-corrected chi connectivity index (χ2v) is 4.93. The van der Waals surface area contributed by atoms with E-state index >= 15 is 0 Å². The highest BCUT2D eigenvalue weighted by molar-refractivity contribution is 6.30. The maximum absolute atomic E-state index is 13.7. The van der Waals surface area contributed by atoms with Crippen molar-refractivity contribution in [3.8, 4) is 0 Å². The van der Waals surface area contributed by atoms with E-state index in [4.69, 9.17) is 23.2 Å². The number of benzene rings is 2. The lowest BCUT2D eigenvalue weighted by atomic mass is 10.1. The lowest BCUT2D eigenvalue weighted by Crippen LogP contribution is -2.16. The van der Waals surface area contributed by atoms with Crippen LogP contribution in [0.25, 0.3) is 0 Å². The number of halogens is 3. The molecule has 2 aromatic rings. The van der Waals surface area contributed by atoms with E-state index < -0.39 is 11.9 Å². The standard InChI is InChI=1S/C14H12Cl2FNO/c15-9-1-4-11(5-2-9)18-14(8-19)12-7-10(16)3-6-13(12)17/h1-7,14,18-19H,8H2. The molecule has 2 aromatic carbocycles. The van der Waals surface area contributed by atoms with Gasteiger partial charge in [-0.15, -0.1) is 0 Å². The smallest absolute Gasteiger partial charge is 0.128 e. The molecule has 0 aliphatic rings. The Kier molecular flexibility index (Phi) is 4.64. The van der Waals surface area contributed by atoms with Gasteiger partial charge in [0.15, 0.2) is 0 Å². The van der Waals surface area contributed by atoms with Gasteiger partial charge in [-0.3, -0.25) is 0 Å². The Labute approximate surface area is 120 Å². The van der Waals surface area contributed by atoms with E-state index in [-0.39, 0.29) is 6.61 Å². The minimum atomic E-state index is -0.570. The first-order chi connectivity index (χ1) is 9.10. The van der Waals surface area contributed by atoms with Crippen LogP contribution in [-0.2, 0) is 0 Å². The fourth-order valence-electron chi connectivity index (χ4n) is 1.75. The number of aliphatic hydroxyl groups is 1. The van der Waals surface area contributed by atoms with Gasteiger partial charge >= 0.3 is 0 Å². The van der Waals surface area contributed by atoms with Crippen LogP contribution in [-0.4, -0.2) is 11.7 Å². The molecule has 0 radical (unpaired) electrons. The van der Waals surface area contributed by atoms with Crippen molar-refractivity contribution in [1.82, 2.24) is 0 Å². The number of aliphatic hydroxyl groups excluding tert-OH is 1. The van der Waals surface area contributed by atoms with Gasteiger partial charge in [0.05, 0.1) is 12.6 Å². The van der Waals surface area contributed by atoms with Gasteiger partial charge in [0, 0.05) is 21.3 Å². The van der Waals surface area contributed by atoms with Crippen LogP contribution < -0.4 is 5.32 Å². The van der Waals surface area contributed by atoms with Gasteiger partial charge in [0.1, 0.15) is 5.82 Å². The van der Waals surface area contributed by atoms with Gasteiger partial charge in [0.2, 0.25) is 0 Å². The van der Waals surface area contributed by atoms with Crippen LogP contribution in [0.3, 0.4) is 0 Å². The fourth-order valence-corrected chi connectivity index (χ4v) is 2.06. The summed E-state index contributed by atoms with van der Waals surface area (Å²) in [6, 6.07) is 10.6. The van der Waals surface area contributed by atoms with Crippen LogP contribution in [0.4, 0.5) is 10.1 Å². The third-order valence-corrected chi connectivity index (χ3v) is 3.19. The molecule has 5 heteroatoms. The molecule has 0 spiro atoms. The van der Waals surface area contributed by atoms with Crippen LogP contribution in [0.5, 0.6) is 0 Å². The van der Waals surface area contributed by atoms with Gasteiger partial charge in [-0.05, 0) is 42.5 Å². The molecule has 0 aromatic heterocycles. The van der Waals surface area contributed by atoms with Crippen molar-refractivity contribution in [2.45, 2.75) is 6.04 Å². The molecule has 0 bridgehead atoms. The van der Waals surface area contributed by atoms with Gasteiger partial charge in [-0.25, -0.2) is 4.39 Å². The van der Waals surface area contributed by atoms with E-state index in [0.717, 1.165) is 5.69 Å². The molecule has 0 aliphatic carbocycles. The summed E-state index contributed by atoms with van der Waals surface area (Å²) in [5, 5.41) is 13.5. The first-order valence-electron chi connectivity index (χ1n) is 5.68. The molecular formula is C14H12Cl2FNO. The molecule has 100 valence electrons. The Balaban J connectivity index is 2.24. The number of rotatable bonds is 4. The molecule has 1 atom stereocenters. The zero-order valence-corrected chi connectivity index (χ0v) is 11.4. The molecule has 2 N–H and O–H groups in total. The van der Waals surface area contributed by atoms with E-state index in [0.29, 0.717) is 15.6 Å². The zero-order chi connectivity index (χ0) is 13.8. The number of nitrogens with one attached hydrogen (secondary N) is 1. The van der Waals surface area contributed by atoms with E-state index in [2.05, 4.69) is 5.32 Å². The maximum atomic E-state index is 13.7. The third kappa shape index (κ3) is 3.60. The summed E-state index contributed by atoms with van der Waals surface area (Å²) in [6.07, 6.45) is 0. The summed E-state index contributed by atoms with van der Waals surface area (Å²) in [4.78, 5) is 0. The van der Waals surface area contributed by atoms with E-state index in [1.165, 1.54) is 18.2 Å².